The zero-order chi connectivity index (χ0) is 22.8. The Balaban J connectivity index is 2.12. The Kier molecular flexibility index (Phi) is 9.57. The summed E-state index contributed by atoms with van der Waals surface area (Å²) >= 11 is 0. The fourth-order valence-electron chi connectivity index (χ4n) is 3.35. The summed E-state index contributed by atoms with van der Waals surface area (Å²) in [6, 6.07) is 17.2. The van der Waals surface area contributed by atoms with Crippen LogP contribution in [0.4, 0.5) is 0 Å². The van der Waals surface area contributed by atoms with Crippen LogP contribution in [0.15, 0.2) is 54.6 Å². The van der Waals surface area contributed by atoms with Gasteiger partial charge in [-0.2, -0.15) is 0 Å². The third kappa shape index (κ3) is 7.42. The van der Waals surface area contributed by atoms with Gasteiger partial charge in [0.15, 0.2) is 6.61 Å². The van der Waals surface area contributed by atoms with Crippen LogP contribution in [0.25, 0.3) is 0 Å². The Labute approximate surface area is 186 Å². The molecule has 2 rings (SSSR count). The molecular formula is C26H36N2O3. The second-order valence-corrected chi connectivity index (χ2v) is 8.30. The third-order valence-corrected chi connectivity index (χ3v) is 5.54. The van der Waals surface area contributed by atoms with Crippen molar-refractivity contribution in [1.82, 2.24) is 10.2 Å². The molecule has 0 aliphatic heterocycles. The molecule has 0 aromatic heterocycles. The van der Waals surface area contributed by atoms with Crippen LogP contribution in [0, 0.1) is 0 Å². The number of carbonyl (C=O) groups is 2. The van der Waals surface area contributed by atoms with Crippen LogP contribution in [-0.4, -0.2) is 41.9 Å². The Hall–Kier alpha value is -2.82. The molecule has 2 aromatic carbocycles. The van der Waals surface area contributed by atoms with Crippen LogP contribution >= 0.6 is 0 Å². The summed E-state index contributed by atoms with van der Waals surface area (Å²) in [4.78, 5) is 27.5. The van der Waals surface area contributed by atoms with Crippen molar-refractivity contribution in [2.75, 3.05) is 13.2 Å². The molecule has 2 aromatic rings. The quantitative estimate of drug-likeness (QED) is 0.575. The molecule has 0 aliphatic carbocycles. The molecule has 0 radical (unpaired) electrons. The molecule has 2 atom stereocenters. The maximum absolute atomic E-state index is 13.1. The molecule has 0 fully saturated rings. The highest BCUT2D eigenvalue weighted by molar-refractivity contribution is 5.88. The van der Waals surface area contributed by atoms with E-state index in [1.807, 2.05) is 68.4 Å². The SMILES string of the molecule is CC[C@H](C)NC(=O)[C@H](C)N(CCc1ccccc1)C(=O)COc1ccccc1C(C)C. The Bertz CT molecular complexity index is 836. The number of benzene rings is 2. The third-order valence-electron chi connectivity index (χ3n) is 5.54. The minimum Gasteiger partial charge on any atom is -0.483 e. The fraction of sp³-hybridized carbons (Fsp3) is 0.462. The number of ether oxygens (including phenoxy) is 1. The number of amides is 2. The van der Waals surface area contributed by atoms with Crippen LogP contribution in [0.5, 0.6) is 5.75 Å². The average molecular weight is 425 g/mol. The Morgan fingerprint density at radius 3 is 2.26 bits per heavy atom. The summed E-state index contributed by atoms with van der Waals surface area (Å²) < 4.78 is 5.90. The highest BCUT2D eigenvalue weighted by Gasteiger charge is 2.27. The van der Waals surface area contributed by atoms with Gasteiger partial charge in [-0.1, -0.05) is 69.3 Å². The van der Waals surface area contributed by atoms with Crippen molar-refractivity contribution in [2.24, 2.45) is 0 Å². The van der Waals surface area contributed by atoms with E-state index in [4.69, 9.17) is 4.74 Å². The van der Waals surface area contributed by atoms with Crippen molar-refractivity contribution in [1.29, 1.82) is 0 Å². The summed E-state index contributed by atoms with van der Waals surface area (Å²) in [5, 5.41) is 2.99. The van der Waals surface area contributed by atoms with E-state index in [-0.39, 0.29) is 24.5 Å². The first-order chi connectivity index (χ1) is 14.8. The summed E-state index contributed by atoms with van der Waals surface area (Å²) in [5.74, 6) is 0.672. The van der Waals surface area contributed by atoms with Crippen molar-refractivity contribution < 1.29 is 14.3 Å². The van der Waals surface area contributed by atoms with Crippen molar-refractivity contribution >= 4 is 11.8 Å². The standard InChI is InChI=1S/C26H36N2O3/c1-6-20(4)27-26(30)21(5)28(17-16-22-12-8-7-9-13-22)25(29)18-31-24-15-11-10-14-23(24)19(2)3/h7-15,19-21H,6,16-18H2,1-5H3,(H,27,30)/t20-,21-/m0/s1. The van der Waals surface area contributed by atoms with E-state index in [1.165, 1.54) is 0 Å². The number of nitrogens with zero attached hydrogens (tertiary/aromatic N) is 1. The largest absolute Gasteiger partial charge is 0.483 e. The predicted molar refractivity (Wildman–Crippen MR) is 125 cm³/mol. The zero-order valence-electron chi connectivity index (χ0n) is 19.4. The lowest BCUT2D eigenvalue weighted by molar-refractivity contribution is -0.141. The van der Waals surface area contributed by atoms with E-state index in [0.717, 1.165) is 17.5 Å². The highest BCUT2D eigenvalue weighted by atomic mass is 16.5. The van der Waals surface area contributed by atoms with Gasteiger partial charge in [-0.3, -0.25) is 9.59 Å². The van der Waals surface area contributed by atoms with Crippen LogP contribution in [0.1, 0.15) is 58.1 Å². The van der Waals surface area contributed by atoms with Crippen LogP contribution in [-0.2, 0) is 16.0 Å². The second kappa shape index (κ2) is 12.1. The van der Waals surface area contributed by atoms with E-state index in [9.17, 15) is 9.59 Å². The Morgan fingerprint density at radius 2 is 1.61 bits per heavy atom. The van der Waals surface area contributed by atoms with Gasteiger partial charge in [0.05, 0.1) is 0 Å². The predicted octanol–water partition coefficient (Wildman–Crippen LogP) is 4.56. The molecule has 0 heterocycles. The van der Waals surface area contributed by atoms with Crippen molar-refractivity contribution in [3.05, 3.63) is 65.7 Å². The molecule has 168 valence electrons. The van der Waals surface area contributed by atoms with E-state index < -0.39 is 6.04 Å². The molecule has 0 saturated carbocycles. The smallest absolute Gasteiger partial charge is 0.261 e. The van der Waals surface area contributed by atoms with E-state index in [2.05, 4.69) is 19.2 Å². The van der Waals surface area contributed by atoms with Gasteiger partial charge in [-0.25, -0.2) is 0 Å². The first-order valence-electron chi connectivity index (χ1n) is 11.2. The maximum atomic E-state index is 13.1. The second-order valence-electron chi connectivity index (χ2n) is 8.30. The lowest BCUT2D eigenvalue weighted by atomic mass is 10.0. The van der Waals surface area contributed by atoms with E-state index in [0.29, 0.717) is 24.6 Å². The first-order valence-corrected chi connectivity index (χ1v) is 11.2. The molecule has 2 amide bonds. The molecule has 5 heteroatoms. The van der Waals surface area contributed by atoms with Crippen molar-refractivity contribution in [3.8, 4) is 5.75 Å². The summed E-state index contributed by atoms with van der Waals surface area (Å²) in [7, 11) is 0. The number of nitrogens with one attached hydrogen (secondary N) is 1. The van der Waals surface area contributed by atoms with Gasteiger partial charge in [0, 0.05) is 12.6 Å². The Morgan fingerprint density at radius 1 is 0.968 bits per heavy atom. The molecule has 0 aliphatic rings. The zero-order valence-corrected chi connectivity index (χ0v) is 19.4. The fourth-order valence-corrected chi connectivity index (χ4v) is 3.35. The number of hydrogen-bond donors (Lipinski definition) is 1. The van der Waals surface area contributed by atoms with Gasteiger partial charge in [0.2, 0.25) is 5.91 Å². The average Bonchev–Trinajstić information content (AvgIpc) is 2.78. The number of hydrogen-bond acceptors (Lipinski definition) is 3. The number of para-hydroxylation sites is 1. The van der Waals surface area contributed by atoms with Gasteiger partial charge in [0.1, 0.15) is 11.8 Å². The molecule has 5 nitrogen and oxygen atoms in total. The number of carbonyl (C=O) groups excluding carboxylic acids is 2. The van der Waals surface area contributed by atoms with E-state index >= 15 is 0 Å². The monoisotopic (exact) mass is 424 g/mol. The molecule has 0 saturated heterocycles. The maximum Gasteiger partial charge on any atom is 0.261 e. The summed E-state index contributed by atoms with van der Waals surface area (Å²) in [6.45, 7) is 10.3. The minimum absolute atomic E-state index is 0.0650. The molecular weight excluding hydrogens is 388 g/mol. The van der Waals surface area contributed by atoms with E-state index in [1.54, 1.807) is 11.8 Å². The molecule has 0 bridgehead atoms. The first kappa shape index (κ1) is 24.4. The molecule has 1 N–H and O–H groups in total. The van der Waals surface area contributed by atoms with Crippen LogP contribution in [0.2, 0.25) is 0 Å². The topological polar surface area (TPSA) is 58.6 Å². The molecule has 31 heavy (non-hydrogen) atoms. The lowest BCUT2D eigenvalue weighted by Crippen LogP contribution is -2.51. The van der Waals surface area contributed by atoms with Crippen LogP contribution < -0.4 is 10.1 Å². The number of rotatable bonds is 11. The van der Waals surface area contributed by atoms with Gasteiger partial charge < -0.3 is 15.0 Å². The van der Waals surface area contributed by atoms with Gasteiger partial charge in [0.25, 0.3) is 5.91 Å². The van der Waals surface area contributed by atoms with Gasteiger partial charge >= 0.3 is 0 Å². The molecule has 0 unspecified atom stereocenters. The lowest BCUT2D eigenvalue weighted by Gasteiger charge is -2.29. The van der Waals surface area contributed by atoms with Gasteiger partial charge in [-0.15, -0.1) is 0 Å². The van der Waals surface area contributed by atoms with Crippen LogP contribution in [0.3, 0.4) is 0 Å². The molecule has 0 spiro atoms. The van der Waals surface area contributed by atoms with Crippen molar-refractivity contribution in [3.63, 3.8) is 0 Å². The normalized spacial score (nSPS) is 12.8. The van der Waals surface area contributed by atoms with Gasteiger partial charge in [-0.05, 0) is 49.8 Å². The summed E-state index contributed by atoms with van der Waals surface area (Å²) in [6.07, 6.45) is 1.52. The highest BCUT2D eigenvalue weighted by Crippen LogP contribution is 2.25. The van der Waals surface area contributed by atoms with Crippen molar-refractivity contribution in [2.45, 2.75) is 65.5 Å². The summed E-state index contributed by atoms with van der Waals surface area (Å²) in [5.41, 5.74) is 2.19. The minimum atomic E-state index is -0.575.